The maximum atomic E-state index is 8.74. The van der Waals surface area contributed by atoms with Crippen LogP contribution in [0.3, 0.4) is 0 Å². The van der Waals surface area contributed by atoms with Crippen molar-refractivity contribution in [1.29, 1.82) is 5.26 Å². The summed E-state index contributed by atoms with van der Waals surface area (Å²) in [6.45, 7) is 0.414. The molecule has 0 bridgehead atoms. The van der Waals surface area contributed by atoms with Crippen LogP contribution in [-0.2, 0) is 12.5 Å². The number of pyridine rings is 1. The first-order valence-corrected chi connectivity index (χ1v) is 5.98. The van der Waals surface area contributed by atoms with Crippen LogP contribution in [0.15, 0.2) is 42.6 Å². The molecular weight excluding hydrogens is 248 g/mol. The molecule has 90 valence electrons. The van der Waals surface area contributed by atoms with E-state index in [-0.39, 0.29) is 0 Å². The van der Waals surface area contributed by atoms with E-state index in [9.17, 15) is 0 Å². The Morgan fingerprint density at radius 2 is 1.94 bits per heavy atom. The van der Waals surface area contributed by atoms with Crippen LogP contribution in [0.4, 0.5) is 0 Å². The van der Waals surface area contributed by atoms with Crippen molar-refractivity contribution >= 4 is 11.6 Å². The van der Waals surface area contributed by atoms with E-state index in [1.165, 1.54) is 0 Å². The molecule has 0 spiro atoms. The lowest BCUT2D eigenvalue weighted by molar-refractivity contribution is 0.306. The molecule has 0 saturated carbocycles. The fourth-order valence-corrected chi connectivity index (χ4v) is 1.64. The van der Waals surface area contributed by atoms with E-state index in [0.717, 1.165) is 16.9 Å². The van der Waals surface area contributed by atoms with Crippen molar-refractivity contribution in [2.45, 2.75) is 12.5 Å². The summed E-state index contributed by atoms with van der Waals surface area (Å²) in [5.74, 6) is 1.27. The van der Waals surface area contributed by atoms with Gasteiger partial charge in [0, 0.05) is 12.1 Å². The van der Waals surface area contributed by atoms with Gasteiger partial charge in [-0.05, 0) is 35.4 Å². The molecule has 2 aromatic rings. The largest absolute Gasteiger partial charge is 0.489 e. The zero-order chi connectivity index (χ0) is 12.8. The molecule has 2 rings (SSSR count). The summed E-state index contributed by atoms with van der Waals surface area (Å²) >= 11 is 5.71. The SMILES string of the molecule is N#Cc1cc(COc2ccc(CCl)cc2)ccn1. The zero-order valence-corrected chi connectivity index (χ0v) is 10.4. The fourth-order valence-electron chi connectivity index (χ4n) is 1.47. The molecule has 1 aromatic carbocycles. The van der Waals surface area contributed by atoms with E-state index >= 15 is 0 Å². The molecule has 0 radical (unpaired) electrons. The van der Waals surface area contributed by atoms with E-state index in [1.54, 1.807) is 12.3 Å². The minimum Gasteiger partial charge on any atom is -0.489 e. The predicted molar refractivity (Wildman–Crippen MR) is 69.3 cm³/mol. The van der Waals surface area contributed by atoms with Gasteiger partial charge < -0.3 is 4.74 Å². The fraction of sp³-hybridized carbons (Fsp3) is 0.143. The smallest absolute Gasteiger partial charge is 0.140 e. The second kappa shape index (κ2) is 6.04. The number of halogens is 1. The van der Waals surface area contributed by atoms with Crippen molar-refractivity contribution < 1.29 is 4.74 Å². The number of benzene rings is 1. The van der Waals surface area contributed by atoms with E-state index in [0.29, 0.717) is 18.2 Å². The average molecular weight is 259 g/mol. The molecule has 3 nitrogen and oxygen atoms in total. The molecule has 0 fully saturated rings. The van der Waals surface area contributed by atoms with Crippen LogP contribution >= 0.6 is 11.6 Å². The molecule has 0 aliphatic heterocycles. The first-order valence-electron chi connectivity index (χ1n) is 5.44. The van der Waals surface area contributed by atoms with Crippen molar-refractivity contribution in [3.63, 3.8) is 0 Å². The van der Waals surface area contributed by atoms with Gasteiger partial charge in [-0.2, -0.15) is 5.26 Å². The first kappa shape index (κ1) is 12.4. The molecule has 0 aliphatic carbocycles. The maximum absolute atomic E-state index is 8.74. The number of nitriles is 1. The van der Waals surface area contributed by atoms with Crippen molar-refractivity contribution in [3.05, 3.63) is 59.4 Å². The van der Waals surface area contributed by atoms with E-state index in [4.69, 9.17) is 21.6 Å². The number of ether oxygens (including phenoxy) is 1. The molecule has 0 aliphatic rings. The number of hydrogen-bond acceptors (Lipinski definition) is 3. The molecule has 0 N–H and O–H groups in total. The van der Waals surface area contributed by atoms with Crippen molar-refractivity contribution in [2.24, 2.45) is 0 Å². The molecule has 1 heterocycles. The Kier molecular flexibility index (Phi) is 4.16. The van der Waals surface area contributed by atoms with Gasteiger partial charge in [-0.25, -0.2) is 4.98 Å². The van der Waals surface area contributed by atoms with Crippen LogP contribution in [0, 0.1) is 11.3 Å². The van der Waals surface area contributed by atoms with Gasteiger partial charge in [0.25, 0.3) is 0 Å². The summed E-state index contributed by atoms with van der Waals surface area (Å²) in [4.78, 5) is 3.90. The summed E-state index contributed by atoms with van der Waals surface area (Å²) < 4.78 is 5.61. The van der Waals surface area contributed by atoms with Crippen LogP contribution in [0.2, 0.25) is 0 Å². The van der Waals surface area contributed by atoms with Crippen molar-refractivity contribution in [1.82, 2.24) is 4.98 Å². The molecule has 0 amide bonds. The van der Waals surface area contributed by atoms with Crippen LogP contribution in [-0.4, -0.2) is 4.98 Å². The summed E-state index contributed by atoms with van der Waals surface area (Å²) in [5.41, 5.74) is 2.37. The van der Waals surface area contributed by atoms with E-state index < -0.39 is 0 Å². The van der Waals surface area contributed by atoms with Gasteiger partial charge in [-0.15, -0.1) is 11.6 Å². The quantitative estimate of drug-likeness (QED) is 0.791. The predicted octanol–water partition coefficient (Wildman–Crippen LogP) is 3.27. The topological polar surface area (TPSA) is 45.9 Å². The monoisotopic (exact) mass is 258 g/mol. The average Bonchev–Trinajstić information content (AvgIpc) is 2.46. The highest BCUT2D eigenvalue weighted by atomic mass is 35.5. The van der Waals surface area contributed by atoms with Gasteiger partial charge in [0.2, 0.25) is 0 Å². The third-order valence-corrected chi connectivity index (χ3v) is 2.73. The highest BCUT2D eigenvalue weighted by Gasteiger charge is 1.99. The maximum Gasteiger partial charge on any atom is 0.140 e. The third kappa shape index (κ3) is 3.22. The number of nitrogens with zero attached hydrogens (tertiary/aromatic N) is 2. The van der Waals surface area contributed by atoms with Crippen LogP contribution in [0.25, 0.3) is 0 Å². The number of aromatic nitrogens is 1. The van der Waals surface area contributed by atoms with Crippen LogP contribution in [0.5, 0.6) is 5.75 Å². The highest BCUT2D eigenvalue weighted by Crippen LogP contribution is 2.15. The molecule has 18 heavy (non-hydrogen) atoms. The van der Waals surface area contributed by atoms with E-state index in [1.807, 2.05) is 36.4 Å². The minimum absolute atomic E-state index is 0.397. The second-order valence-corrected chi connectivity index (χ2v) is 3.99. The Morgan fingerprint density at radius 3 is 2.61 bits per heavy atom. The molecule has 4 heteroatoms. The Labute approximate surface area is 111 Å². The lowest BCUT2D eigenvalue weighted by Crippen LogP contribution is -1.96. The molecule has 1 aromatic heterocycles. The molecule has 0 atom stereocenters. The van der Waals surface area contributed by atoms with Gasteiger partial charge in [0.05, 0.1) is 0 Å². The lowest BCUT2D eigenvalue weighted by atomic mass is 10.2. The molecular formula is C14H11ClN2O. The van der Waals surface area contributed by atoms with Gasteiger partial charge in [0.15, 0.2) is 0 Å². The summed E-state index contributed by atoms with van der Waals surface area (Å²) in [7, 11) is 0. The van der Waals surface area contributed by atoms with Gasteiger partial charge in [0.1, 0.15) is 24.1 Å². The molecule has 0 saturated heterocycles. The van der Waals surface area contributed by atoms with Crippen LogP contribution in [0.1, 0.15) is 16.8 Å². The Hall–Kier alpha value is -2.05. The number of hydrogen-bond donors (Lipinski definition) is 0. The van der Waals surface area contributed by atoms with E-state index in [2.05, 4.69) is 4.98 Å². The Morgan fingerprint density at radius 1 is 1.17 bits per heavy atom. The Balaban J connectivity index is 2.00. The van der Waals surface area contributed by atoms with Gasteiger partial charge in [-0.3, -0.25) is 0 Å². The number of alkyl halides is 1. The summed E-state index contributed by atoms with van der Waals surface area (Å²) in [5, 5.41) is 8.74. The summed E-state index contributed by atoms with van der Waals surface area (Å²) in [6, 6.07) is 13.2. The Bertz CT molecular complexity index is 561. The first-order chi connectivity index (χ1) is 8.81. The lowest BCUT2D eigenvalue weighted by Gasteiger charge is -2.06. The highest BCUT2D eigenvalue weighted by molar-refractivity contribution is 6.17. The van der Waals surface area contributed by atoms with Crippen molar-refractivity contribution in [3.8, 4) is 11.8 Å². The minimum atomic E-state index is 0.397. The standard InChI is InChI=1S/C14H11ClN2O/c15-8-11-1-3-14(4-2-11)18-10-12-5-6-17-13(7-12)9-16/h1-7H,8,10H2. The van der Waals surface area contributed by atoms with Crippen molar-refractivity contribution in [2.75, 3.05) is 0 Å². The number of rotatable bonds is 4. The normalized spacial score (nSPS) is 9.78. The summed E-state index contributed by atoms with van der Waals surface area (Å²) in [6.07, 6.45) is 1.61. The van der Waals surface area contributed by atoms with Gasteiger partial charge >= 0.3 is 0 Å². The molecule has 0 unspecified atom stereocenters. The van der Waals surface area contributed by atoms with Gasteiger partial charge in [-0.1, -0.05) is 12.1 Å². The zero-order valence-electron chi connectivity index (χ0n) is 9.64. The van der Waals surface area contributed by atoms with Crippen LogP contribution < -0.4 is 4.74 Å². The third-order valence-electron chi connectivity index (χ3n) is 2.42. The second-order valence-electron chi connectivity index (χ2n) is 3.73.